The van der Waals surface area contributed by atoms with Crippen molar-refractivity contribution in [1.29, 1.82) is 0 Å². The molecular weight excluding hydrogens is 332 g/mol. The quantitative estimate of drug-likeness (QED) is 0.670. The standard InChI is InChI=1S/C16H23BrN2O2/c1-2-3-8-18-16(20)11-21-14-6-7-15(17)12(9-14)10-19-13-4-5-13/h6-7,9,13,19H,2-5,8,10-11H2,1H3,(H,18,20). The molecule has 0 bridgehead atoms. The molecule has 1 amide bonds. The molecule has 21 heavy (non-hydrogen) atoms. The van der Waals surface area contributed by atoms with Crippen molar-refractivity contribution < 1.29 is 9.53 Å². The number of rotatable bonds is 9. The molecule has 0 aromatic heterocycles. The molecule has 0 atom stereocenters. The SMILES string of the molecule is CCCCNC(=O)COc1ccc(Br)c(CNC2CC2)c1. The van der Waals surface area contributed by atoms with E-state index in [-0.39, 0.29) is 12.5 Å². The average molecular weight is 355 g/mol. The van der Waals surface area contributed by atoms with Crippen LogP contribution < -0.4 is 15.4 Å². The van der Waals surface area contributed by atoms with Gasteiger partial charge in [-0.1, -0.05) is 29.3 Å². The van der Waals surface area contributed by atoms with Crippen molar-refractivity contribution in [2.24, 2.45) is 0 Å². The van der Waals surface area contributed by atoms with E-state index in [2.05, 4.69) is 33.5 Å². The van der Waals surface area contributed by atoms with Crippen LogP contribution >= 0.6 is 15.9 Å². The van der Waals surface area contributed by atoms with Gasteiger partial charge in [-0.05, 0) is 43.0 Å². The third kappa shape index (κ3) is 6.06. The summed E-state index contributed by atoms with van der Waals surface area (Å²) in [7, 11) is 0. The minimum absolute atomic E-state index is 0.0657. The fourth-order valence-corrected chi connectivity index (χ4v) is 2.31. The number of nitrogens with one attached hydrogen (secondary N) is 2. The maximum Gasteiger partial charge on any atom is 0.257 e. The largest absolute Gasteiger partial charge is 0.484 e. The predicted octanol–water partition coefficient (Wildman–Crippen LogP) is 3.00. The number of ether oxygens (including phenoxy) is 1. The first-order valence-corrected chi connectivity index (χ1v) is 8.39. The van der Waals surface area contributed by atoms with Gasteiger partial charge in [0.25, 0.3) is 5.91 Å². The molecule has 5 heteroatoms. The molecule has 4 nitrogen and oxygen atoms in total. The van der Waals surface area contributed by atoms with Crippen LogP contribution in [0, 0.1) is 0 Å². The van der Waals surface area contributed by atoms with Gasteiger partial charge < -0.3 is 15.4 Å². The Hall–Kier alpha value is -1.07. The normalized spacial score (nSPS) is 14.0. The molecule has 116 valence electrons. The summed E-state index contributed by atoms with van der Waals surface area (Å²) < 4.78 is 6.62. The number of amides is 1. The summed E-state index contributed by atoms with van der Waals surface area (Å²) >= 11 is 3.55. The van der Waals surface area contributed by atoms with E-state index in [4.69, 9.17) is 4.74 Å². The van der Waals surface area contributed by atoms with Gasteiger partial charge in [0.2, 0.25) is 0 Å². The van der Waals surface area contributed by atoms with E-state index >= 15 is 0 Å². The first-order valence-electron chi connectivity index (χ1n) is 7.60. The van der Waals surface area contributed by atoms with Crippen LogP contribution in [0.25, 0.3) is 0 Å². The molecule has 0 heterocycles. The van der Waals surface area contributed by atoms with Gasteiger partial charge in [0.15, 0.2) is 6.61 Å². The smallest absolute Gasteiger partial charge is 0.257 e. The van der Waals surface area contributed by atoms with Gasteiger partial charge in [-0.2, -0.15) is 0 Å². The van der Waals surface area contributed by atoms with Crippen molar-refractivity contribution in [3.63, 3.8) is 0 Å². The molecule has 1 saturated carbocycles. The van der Waals surface area contributed by atoms with Gasteiger partial charge in [-0.25, -0.2) is 0 Å². The maximum absolute atomic E-state index is 11.6. The maximum atomic E-state index is 11.6. The third-order valence-electron chi connectivity index (χ3n) is 3.40. The lowest BCUT2D eigenvalue weighted by molar-refractivity contribution is -0.123. The second-order valence-corrected chi connectivity index (χ2v) is 6.25. The Morgan fingerprint density at radius 1 is 1.43 bits per heavy atom. The highest BCUT2D eigenvalue weighted by molar-refractivity contribution is 9.10. The summed E-state index contributed by atoms with van der Waals surface area (Å²) in [6, 6.07) is 6.50. The first-order chi connectivity index (χ1) is 10.2. The molecule has 1 aromatic carbocycles. The molecule has 0 aliphatic heterocycles. The van der Waals surface area contributed by atoms with E-state index < -0.39 is 0 Å². The second-order valence-electron chi connectivity index (χ2n) is 5.40. The molecule has 1 aliphatic rings. The van der Waals surface area contributed by atoms with Gasteiger partial charge >= 0.3 is 0 Å². The number of hydrogen-bond donors (Lipinski definition) is 2. The Balaban J connectivity index is 1.79. The minimum Gasteiger partial charge on any atom is -0.484 e. The number of carbonyl (C=O) groups excluding carboxylic acids is 1. The monoisotopic (exact) mass is 354 g/mol. The van der Waals surface area contributed by atoms with Crippen LogP contribution in [0.5, 0.6) is 5.75 Å². The fourth-order valence-electron chi connectivity index (χ4n) is 1.92. The molecule has 1 aromatic rings. The van der Waals surface area contributed by atoms with Crippen LogP contribution in [-0.4, -0.2) is 25.1 Å². The van der Waals surface area contributed by atoms with Gasteiger partial charge in [0.05, 0.1) is 0 Å². The van der Waals surface area contributed by atoms with E-state index in [0.29, 0.717) is 6.04 Å². The Bertz CT molecular complexity index is 475. The number of benzene rings is 1. The fraction of sp³-hybridized carbons (Fsp3) is 0.562. The molecule has 2 N–H and O–H groups in total. The van der Waals surface area contributed by atoms with Gasteiger partial charge in [-0.3, -0.25) is 4.79 Å². The molecule has 2 rings (SSSR count). The molecular formula is C16H23BrN2O2. The van der Waals surface area contributed by atoms with Gasteiger partial charge in [0.1, 0.15) is 5.75 Å². The lowest BCUT2D eigenvalue weighted by Crippen LogP contribution is -2.29. The number of unbranched alkanes of at least 4 members (excludes halogenated alkanes) is 1. The molecule has 0 unspecified atom stereocenters. The molecule has 0 saturated heterocycles. The van der Waals surface area contributed by atoms with E-state index in [9.17, 15) is 4.79 Å². The van der Waals surface area contributed by atoms with Crippen molar-refractivity contribution in [3.8, 4) is 5.75 Å². The molecule has 0 radical (unpaired) electrons. The zero-order valence-electron chi connectivity index (χ0n) is 12.5. The van der Waals surface area contributed by atoms with Gasteiger partial charge in [0, 0.05) is 23.6 Å². The summed E-state index contributed by atoms with van der Waals surface area (Å²) in [5.74, 6) is 0.667. The predicted molar refractivity (Wildman–Crippen MR) is 87.4 cm³/mol. The van der Waals surface area contributed by atoms with Crippen LogP contribution in [0.15, 0.2) is 22.7 Å². The van der Waals surface area contributed by atoms with E-state index in [1.54, 1.807) is 0 Å². The van der Waals surface area contributed by atoms with Crippen molar-refractivity contribution in [1.82, 2.24) is 10.6 Å². The van der Waals surface area contributed by atoms with Crippen LogP contribution in [0.2, 0.25) is 0 Å². The van der Waals surface area contributed by atoms with Crippen LogP contribution in [0.3, 0.4) is 0 Å². The highest BCUT2D eigenvalue weighted by atomic mass is 79.9. The number of carbonyl (C=O) groups is 1. The van der Waals surface area contributed by atoms with E-state index in [0.717, 1.165) is 41.7 Å². The van der Waals surface area contributed by atoms with Crippen molar-refractivity contribution >= 4 is 21.8 Å². The lowest BCUT2D eigenvalue weighted by atomic mass is 10.2. The summed E-state index contributed by atoms with van der Waals surface area (Å²) in [6.45, 7) is 3.71. The Morgan fingerprint density at radius 3 is 2.95 bits per heavy atom. The third-order valence-corrected chi connectivity index (χ3v) is 4.17. The topological polar surface area (TPSA) is 50.4 Å². The molecule has 1 aliphatic carbocycles. The highest BCUT2D eigenvalue weighted by Gasteiger charge is 2.20. The van der Waals surface area contributed by atoms with Crippen molar-refractivity contribution in [2.75, 3.05) is 13.2 Å². The molecule has 0 spiro atoms. The zero-order chi connectivity index (χ0) is 15.1. The summed E-state index contributed by atoms with van der Waals surface area (Å²) in [5, 5.41) is 6.32. The Labute approximate surface area is 134 Å². The lowest BCUT2D eigenvalue weighted by Gasteiger charge is -2.10. The number of halogens is 1. The van der Waals surface area contributed by atoms with Crippen molar-refractivity contribution in [2.45, 2.75) is 45.2 Å². The summed E-state index contributed by atoms with van der Waals surface area (Å²) in [6.07, 6.45) is 4.61. The van der Waals surface area contributed by atoms with Crippen molar-refractivity contribution in [3.05, 3.63) is 28.2 Å². The summed E-state index contributed by atoms with van der Waals surface area (Å²) in [5.41, 5.74) is 1.16. The molecule has 1 fully saturated rings. The first kappa shape index (κ1) is 16.3. The van der Waals surface area contributed by atoms with E-state index in [1.165, 1.54) is 12.8 Å². The summed E-state index contributed by atoms with van der Waals surface area (Å²) in [4.78, 5) is 11.6. The zero-order valence-corrected chi connectivity index (χ0v) is 14.0. The van der Waals surface area contributed by atoms with Crippen LogP contribution in [-0.2, 0) is 11.3 Å². The van der Waals surface area contributed by atoms with Gasteiger partial charge in [-0.15, -0.1) is 0 Å². The van der Waals surface area contributed by atoms with Crippen LogP contribution in [0.4, 0.5) is 0 Å². The highest BCUT2D eigenvalue weighted by Crippen LogP contribution is 2.25. The Kier molecular flexibility index (Phi) is 6.51. The van der Waals surface area contributed by atoms with E-state index in [1.807, 2.05) is 18.2 Å². The van der Waals surface area contributed by atoms with Crippen LogP contribution in [0.1, 0.15) is 38.2 Å². The second kappa shape index (κ2) is 8.39. The minimum atomic E-state index is -0.0657. The Morgan fingerprint density at radius 2 is 2.24 bits per heavy atom. The average Bonchev–Trinajstić information content (AvgIpc) is 3.29. The number of hydrogen-bond acceptors (Lipinski definition) is 3.